The van der Waals surface area contributed by atoms with Crippen molar-refractivity contribution in [2.75, 3.05) is 36.0 Å². The number of anilines is 2. The first kappa shape index (κ1) is 17.7. The average molecular weight is 367 g/mol. The normalized spacial score (nSPS) is 21.2. The number of halogens is 1. The maximum absolute atomic E-state index is 14.0. The number of para-hydroxylation sites is 1. The number of aryl methyl sites for hydroxylation is 1. The van der Waals surface area contributed by atoms with E-state index in [1.807, 2.05) is 41.0 Å². The first-order chi connectivity index (χ1) is 13.0. The Hall–Kier alpha value is -2.73. The summed E-state index contributed by atoms with van der Waals surface area (Å²) in [5.74, 6) is -0.555. The zero-order chi connectivity index (χ0) is 19.0. The Kier molecular flexibility index (Phi) is 4.66. The molecule has 2 aliphatic heterocycles. The van der Waals surface area contributed by atoms with Crippen molar-refractivity contribution in [1.82, 2.24) is 4.90 Å². The predicted molar refractivity (Wildman–Crippen MR) is 102 cm³/mol. The molecule has 2 aromatic rings. The van der Waals surface area contributed by atoms with Crippen LogP contribution in [0.1, 0.15) is 12.0 Å². The van der Waals surface area contributed by atoms with E-state index in [4.69, 9.17) is 0 Å². The van der Waals surface area contributed by atoms with Crippen LogP contribution in [0.25, 0.3) is 0 Å². The number of hydrogen-bond acceptors (Lipinski definition) is 4. The molecular formula is C21H22FN3O2. The molecular weight excluding hydrogens is 345 g/mol. The van der Waals surface area contributed by atoms with Gasteiger partial charge in [0, 0.05) is 26.2 Å². The van der Waals surface area contributed by atoms with Gasteiger partial charge in [0.1, 0.15) is 5.82 Å². The molecule has 0 spiro atoms. The summed E-state index contributed by atoms with van der Waals surface area (Å²) in [5, 5.41) is 0. The standard InChI is InChI=1S/C21H22FN3O2/c1-15-5-4-6-16(13-15)25-20(26)14-19(21(25)27)24-11-9-23(10-12-24)18-8-3-2-7-17(18)22/h2-8,13,19H,9-12,14H2,1H3/t19-/m0/s1. The highest BCUT2D eigenvalue weighted by Gasteiger charge is 2.43. The molecule has 6 heteroatoms. The van der Waals surface area contributed by atoms with E-state index in [0.717, 1.165) is 5.56 Å². The molecule has 2 aliphatic rings. The van der Waals surface area contributed by atoms with Crippen molar-refractivity contribution in [3.05, 3.63) is 59.9 Å². The molecule has 4 rings (SSSR count). The monoisotopic (exact) mass is 367 g/mol. The van der Waals surface area contributed by atoms with Gasteiger partial charge < -0.3 is 4.90 Å². The summed E-state index contributed by atoms with van der Waals surface area (Å²) >= 11 is 0. The fourth-order valence-corrected chi connectivity index (χ4v) is 3.92. The van der Waals surface area contributed by atoms with E-state index in [1.54, 1.807) is 18.2 Å². The van der Waals surface area contributed by atoms with Crippen LogP contribution in [0.3, 0.4) is 0 Å². The largest absolute Gasteiger partial charge is 0.367 e. The lowest BCUT2D eigenvalue weighted by Gasteiger charge is -2.38. The number of benzene rings is 2. The highest BCUT2D eigenvalue weighted by atomic mass is 19.1. The Bertz CT molecular complexity index is 877. The van der Waals surface area contributed by atoms with Gasteiger partial charge in [-0.15, -0.1) is 0 Å². The van der Waals surface area contributed by atoms with Gasteiger partial charge in [-0.05, 0) is 36.8 Å². The number of rotatable bonds is 3. The van der Waals surface area contributed by atoms with Crippen LogP contribution in [0.5, 0.6) is 0 Å². The minimum atomic E-state index is -0.430. The van der Waals surface area contributed by atoms with Gasteiger partial charge in [0.15, 0.2) is 0 Å². The summed E-state index contributed by atoms with van der Waals surface area (Å²) in [5.41, 5.74) is 2.24. The summed E-state index contributed by atoms with van der Waals surface area (Å²) < 4.78 is 14.0. The van der Waals surface area contributed by atoms with E-state index in [-0.39, 0.29) is 24.1 Å². The maximum atomic E-state index is 14.0. The fraction of sp³-hybridized carbons (Fsp3) is 0.333. The first-order valence-electron chi connectivity index (χ1n) is 9.21. The van der Waals surface area contributed by atoms with Gasteiger partial charge in [0.25, 0.3) is 5.91 Å². The molecule has 2 fully saturated rings. The Balaban J connectivity index is 1.45. The zero-order valence-corrected chi connectivity index (χ0v) is 15.3. The Morgan fingerprint density at radius 2 is 1.70 bits per heavy atom. The zero-order valence-electron chi connectivity index (χ0n) is 15.3. The lowest BCUT2D eigenvalue weighted by molar-refractivity contribution is -0.123. The van der Waals surface area contributed by atoms with Gasteiger partial charge in [-0.2, -0.15) is 0 Å². The third kappa shape index (κ3) is 3.32. The molecule has 5 nitrogen and oxygen atoms in total. The summed E-state index contributed by atoms with van der Waals surface area (Å²) in [6.45, 7) is 4.44. The van der Waals surface area contributed by atoms with Gasteiger partial charge in [0.2, 0.25) is 5.91 Å². The number of carbonyl (C=O) groups excluding carboxylic acids is 2. The SMILES string of the molecule is Cc1cccc(N2C(=O)C[C@H](N3CCN(c4ccccc4F)CC3)C2=O)c1. The number of amides is 2. The van der Waals surface area contributed by atoms with E-state index in [0.29, 0.717) is 37.6 Å². The van der Waals surface area contributed by atoms with Gasteiger partial charge in [0.05, 0.1) is 23.8 Å². The van der Waals surface area contributed by atoms with Gasteiger partial charge in [-0.3, -0.25) is 14.5 Å². The van der Waals surface area contributed by atoms with Crippen LogP contribution in [-0.2, 0) is 9.59 Å². The van der Waals surface area contributed by atoms with Crippen LogP contribution in [0.4, 0.5) is 15.8 Å². The smallest absolute Gasteiger partial charge is 0.251 e. The molecule has 0 aromatic heterocycles. The average Bonchev–Trinajstić information content (AvgIpc) is 2.96. The number of imide groups is 1. The second-order valence-electron chi connectivity index (χ2n) is 7.10. The van der Waals surface area contributed by atoms with Crippen LogP contribution in [0.2, 0.25) is 0 Å². The van der Waals surface area contributed by atoms with Crippen molar-refractivity contribution in [2.24, 2.45) is 0 Å². The van der Waals surface area contributed by atoms with E-state index in [9.17, 15) is 14.0 Å². The second-order valence-corrected chi connectivity index (χ2v) is 7.10. The van der Waals surface area contributed by atoms with Crippen LogP contribution >= 0.6 is 0 Å². The molecule has 0 bridgehead atoms. The quantitative estimate of drug-likeness (QED) is 0.783. The summed E-state index contributed by atoms with van der Waals surface area (Å²) in [7, 11) is 0. The highest BCUT2D eigenvalue weighted by Crippen LogP contribution is 2.28. The van der Waals surface area contributed by atoms with Crippen LogP contribution in [-0.4, -0.2) is 48.9 Å². The Morgan fingerprint density at radius 3 is 2.41 bits per heavy atom. The minimum absolute atomic E-state index is 0.160. The topological polar surface area (TPSA) is 43.9 Å². The molecule has 0 saturated carbocycles. The molecule has 140 valence electrons. The van der Waals surface area contributed by atoms with Gasteiger partial charge >= 0.3 is 0 Å². The number of hydrogen-bond donors (Lipinski definition) is 0. The fourth-order valence-electron chi connectivity index (χ4n) is 3.92. The highest BCUT2D eigenvalue weighted by molar-refractivity contribution is 6.22. The van der Waals surface area contributed by atoms with Crippen molar-refractivity contribution in [3.63, 3.8) is 0 Å². The van der Waals surface area contributed by atoms with Gasteiger partial charge in [-0.25, -0.2) is 9.29 Å². The molecule has 2 heterocycles. The van der Waals surface area contributed by atoms with Crippen molar-refractivity contribution < 1.29 is 14.0 Å². The third-order valence-corrected chi connectivity index (χ3v) is 5.33. The third-order valence-electron chi connectivity index (χ3n) is 5.33. The summed E-state index contributed by atoms with van der Waals surface area (Å²) in [6.07, 6.45) is 0.201. The lowest BCUT2D eigenvalue weighted by Crippen LogP contribution is -2.52. The molecule has 27 heavy (non-hydrogen) atoms. The van der Waals surface area contributed by atoms with Crippen molar-refractivity contribution in [1.29, 1.82) is 0 Å². The lowest BCUT2D eigenvalue weighted by atomic mass is 10.1. The number of nitrogens with zero attached hydrogens (tertiary/aromatic N) is 3. The van der Waals surface area contributed by atoms with Crippen LogP contribution in [0.15, 0.2) is 48.5 Å². The number of carbonyl (C=O) groups is 2. The molecule has 0 radical (unpaired) electrons. The number of piperazine rings is 1. The maximum Gasteiger partial charge on any atom is 0.251 e. The Morgan fingerprint density at radius 1 is 0.963 bits per heavy atom. The van der Waals surface area contributed by atoms with E-state index >= 15 is 0 Å². The molecule has 1 atom stereocenters. The molecule has 2 amide bonds. The molecule has 2 aromatic carbocycles. The predicted octanol–water partition coefficient (Wildman–Crippen LogP) is 2.59. The van der Waals surface area contributed by atoms with E-state index in [2.05, 4.69) is 0 Å². The second kappa shape index (κ2) is 7.12. The minimum Gasteiger partial charge on any atom is -0.367 e. The van der Waals surface area contributed by atoms with Gasteiger partial charge in [-0.1, -0.05) is 24.3 Å². The first-order valence-corrected chi connectivity index (χ1v) is 9.21. The molecule has 0 aliphatic carbocycles. The van der Waals surface area contributed by atoms with E-state index < -0.39 is 6.04 Å². The molecule has 0 N–H and O–H groups in total. The van der Waals surface area contributed by atoms with Crippen molar-refractivity contribution in [3.8, 4) is 0 Å². The summed E-state index contributed by atoms with van der Waals surface area (Å²) in [4.78, 5) is 30.8. The van der Waals surface area contributed by atoms with Crippen molar-refractivity contribution >= 4 is 23.2 Å². The molecule has 0 unspecified atom stereocenters. The van der Waals surface area contributed by atoms with Crippen LogP contribution in [0, 0.1) is 12.7 Å². The summed E-state index contributed by atoms with van der Waals surface area (Å²) in [6, 6.07) is 13.7. The van der Waals surface area contributed by atoms with E-state index in [1.165, 1.54) is 11.0 Å². The van der Waals surface area contributed by atoms with Crippen LogP contribution < -0.4 is 9.80 Å². The Labute approximate surface area is 158 Å². The molecule has 2 saturated heterocycles. The van der Waals surface area contributed by atoms with Crippen molar-refractivity contribution in [2.45, 2.75) is 19.4 Å².